The number of benzene rings is 1. The van der Waals surface area contributed by atoms with E-state index in [0.717, 1.165) is 24.8 Å². The van der Waals surface area contributed by atoms with Crippen molar-refractivity contribution in [3.8, 4) is 0 Å². The molecule has 4 heteroatoms. The van der Waals surface area contributed by atoms with E-state index in [9.17, 15) is 14.3 Å². The molecule has 3 nitrogen and oxygen atoms in total. The van der Waals surface area contributed by atoms with Crippen molar-refractivity contribution in [2.45, 2.75) is 30.8 Å². The maximum atomic E-state index is 13.0. The SMILES string of the molecule is O=C(N1CC(O)C1)C1(c2ccc(F)cc2)CCC1. The van der Waals surface area contributed by atoms with Crippen molar-refractivity contribution in [3.05, 3.63) is 35.6 Å². The van der Waals surface area contributed by atoms with Crippen molar-refractivity contribution in [2.75, 3.05) is 13.1 Å². The standard InChI is InChI=1S/C14H16FNO2/c15-11-4-2-10(3-5-11)14(6-1-7-14)13(18)16-8-12(17)9-16/h2-5,12,17H,1,6-9H2. The molecule has 1 N–H and O–H groups in total. The van der Waals surface area contributed by atoms with Crippen molar-refractivity contribution in [3.63, 3.8) is 0 Å². The first-order chi connectivity index (χ1) is 8.62. The zero-order valence-electron chi connectivity index (χ0n) is 10.1. The summed E-state index contributed by atoms with van der Waals surface area (Å²) in [7, 11) is 0. The van der Waals surface area contributed by atoms with Gasteiger partial charge in [0.15, 0.2) is 0 Å². The molecular weight excluding hydrogens is 233 g/mol. The number of β-amino-alcohol motifs (C(OH)–C–C–N with tert-alkyl or cyclic N) is 1. The first kappa shape index (κ1) is 11.7. The van der Waals surface area contributed by atoms with E-state index in [4.69, 9.17) is 0 Å². The van der Waals surface area contributed by atoms with Crippen LogP contribution in [-0.4, -0.2) is 35.1 Å². The fraction of sp³-hybridized carbons (Fsp3) is 0.500. The molecule has 96 valence electrons. The van der Waals surface area contributed by atoms with Gasteiger partial charge in [-0.3, -0.25) is 4.79 Å². The lowest BCUT2D eigenvalue weighted by Gasteiger charge is -2.47. The molecule has 1 saturated heterocycles. The maximum Gasteiger partial charge on any atom is 0.233 e. The molecular formula is C14H16FNO2. The first-order valence-corrected chi connectivity index (χ1v) is 6.35. The first-order valence-electron chi connectivity index (χ1n) is 6.35. The van der Waals surface area contributed by atoms with Crippen LogP contribution in [0.2, 0.25) is 0 Å². The molecule has 2 aliphatic rings. The van der Waals surface area contributed by atoms with Gasteiger partial charge < -0.3 is 10.0 Å². The molecule has 0 unspecified atom stereocenters. The van der Waals surface area contributed by atoms with Gasteiger partial charge in [-0.2, -0.15) is 0 Å². The zero-order valence-corrected chi connectivity index (χ0v) is 10.1. The van der Waals surface area contributed by atoms with E-state index >= 15 is 0 Å². The third-order valence-electron chi connectivity index (χ3n) is 4.16. The number of rotatable bonds is 2. The van der Waals surface area contributed by atoms with E-state index in [1.165, 1.54) is 12.1 Å². The van der Waals surface area contributed by atoms with Crippen LogP contribution >= 0.6 is 0 Å². The number of carbonyl (C=O) groups excluding carboxylic acids is 1. The zero-order chi connectivity index (χ0) is 12.8. The van der Waals surface area contributed by atoms with Crippen LogP contribution in [0.25, 0.3) is 0 Å². The highest BCUT2D eigenvalue weighted by atomic mass is 19.1. The minimum Gasteiger partial charge on any atom is -0.389 e. The molecule has 2 fully saturated rings. The molecule has 3 rings (SSSR count). The van der Waals surface area contributed by atoms with E-state index in [0.29, 0.717) is 13.1 Å². The predicted molar refractivity (Wildman–Crippen MR) is 64.5 cm³/mol. The largest absolute Gasteiger partial charge is 0.389 e. The third kappa shape index (κ3) is 1.63. The van der Waals surface area contributed by atoms with E-state index in [1.54, 1.807) is 17.0 Å². The monoisotopic (exact) mass is 249 g/mol. The Kier molecular flexibility index (Phi) is 2.63. The molecule has 0 bridgehead atoms. The molecule has 1 aliphatic carbocycles. The van der Waals surface area contributed by atoms with Crippen molar-refractivity contribution < 1.29 is 14.3 Å². The molecule has 1 heterocycles. The van der Waals surface area contributed by atoms with Crippen LogP contribution in [0.3, 0.4) is 0 Å². The summed E-state index contributed by atoms with van der Waals surface area (Å²) in [5.74, 6) is -0.189. The van der Waals surface area contributed by atoms with Gasteiger partial charge in [-0.25, -0.2) is 4.39 Å². The quantitative estimate of drug-likeness (QED) is 0.861. The summed E-state index contributed by atoms with van der Waals surface area (Å²) in [6.07, 6.45) is 2.30. The fourth-order valence-corrected chi connectivity index (χ4v) is 2.85. The number of amides is 1. The van der Waals surface area contributed by atoms with Gasteiger partial charge in [0.1, 0.15) is 5.82 Å². The number of likely N-dealkylation sites (tertiary alicyclic amines) is 1. The van der Waals surface area contributed by atoms with Gasteiger partial charge in [0, 0.05) is 13.1 Å². The lowest BCUT2D eigenvalue weighted by atomic mass is 9.63. The van der Waals surface area contributed by atoms with Crippen LogP contribution in [0.5, 0.6) is 0 Å². The molecule has 1 aliphatic heterocycles. The number of halogens is 1. The van der Waals surface area contributed by atoms with Crippen LogP contribution in [0.15, 0.2) is 24.3 Å². The molecule has 0 atom stereocenters. The Labute approximate surface area is 105 Å². The highest BCUT2D eigenvalue weighted by molar-refractivity contribution is 5.90. The summed E-state index contributed by atoms with van der Waals surface area (Å²) in [4.78, 5) is 14.2. The Morgan fingerprint density at radius 2 is 1.89 bits per heavy atom. The Bertz CT molecular complexity index is 461. The second-order valence-electron chi connectivity index (χ2n) is 5.31. The molecule has 1 amide bonds. The number of aliphatic hydroxyl groups is 1. The lowest BCUT2D eigenvalue weighted by molar-refractivity contribution is -0.151. The summed E-state index contributed by atoms with van der Waals surface area (Å²) in [5, 5.41) is 9.29. The topological polar surface area (TPSA) is 40.5 Å². The van der Waals surface area contributed by atoms with Gasteiger partial charge in [-0.1, -0.05) is 18.6 Å². The smallest absolute Gasteiger partial charge is 0.233 e. The normalized spacial score (nSPS) is 22.2. The van der Waals surface area contributed by atoms with Gasteiger partial charge in [0.2, 0.25) is 5.91 Å². The van der Waals surface area contributed by atoms with Gasteiger partial charge in [0.05, 0.1) is 11.5 Å². The second-order valence-corrected chi connectivity index (χ2v) is 5.31. The fourth-order valence-electron chi connectivity index (χ4n) is 2.85. The Hall–Kier alpha value is -1.42. The second kappa shape index (κ2) is 4.05. The Morgan fingerprint density at radius 3 is 2.33 bits per heavy atom. The minimum atomic E-state index is -0.464. The number of carbonyl (C=O) groups is 1. The van der Waals surface area contributed by atoms with Crippen LogP contribution < -0.4 is 0 Å². The van der Waals surface area contributed by atoms with E-state index in [2.05, 4.69) is 0 Å². The number of aliphatic hydroxyl groups excluding tert-OH is 1. The summed E-state index contributed by atoms with van der Waals surface area (Å²) in [6, 6.07) is 6.24. The Balaban J connectivity index is 1.85. The molecule has 0 spiro atoms. The molecule has 1 saturated carbocycles. The van der Waals surface area contributed by atoms with Crippen LogP contribution in [0.1, 0.15) is 24.8 Å². The third-order valence-corrected chi connectivity index (χ3v) is 4.16. The van der Waals surface area contributed by atoms with Crippen LogP contribution in [0, 0.1) is 5.82 Å². The number of hydrogen-bond acceptors (Lipinski definition) is 2. The van der Waals surface area contributed by atoms with Crippen molar-refractivity contribution in [1.82, 2.24) is 4.90 Å². The van der Waals surface area contributed by atoms with Gasteiger partial charge in [-0.15, -0.1) is 0 Å². The summed E-state index contributed by atoms with van der Waals surface area (Å²) in [5.41, 5.74) is 0.440. The summed E-state index contributed by atoms with van der Waals surface area (Å²) < 4.78 is 13.0. The highest BCUT2D eigenvalue weighted by Crippen LogP contribution is 2.45. The molecule has 0 aromatic heterocycles. The minimum absolute atomic E-state index is 0.0886. The molecule has 1 aromatic carbocycles. The lowest BCUT2D eigenvalue weighted by Crippen LogP contribution is -2.60. The number of nitrogens with zero attached hydrogens (tertiary/aromatic N) is 1. The van der Waals surface area contributed by atoms with Gasteiger partial charge >= 0.3 is 0 Å². The van der Waals surface area contributed by atoms with Gasteiger partial charge in [0.25, 0.3) is 0 Å². The predicted octanol–water partition coefficient (Wildman–Crippen LogP) is 1.45. The van der Waals surface area contributed by atoms with Crippen LogP contribution in [-0.2, 0) is 10.2 Å². The number of hydrogen-bond donors (Lipinski definition) is 1. The summed E-state index contributed by atoms with van der Waals surface area (Å²) >= 11 is 0. The van der Waals surface area contributed by atoms with Gasteiger partial charge in [-0.05, 0) is 30.5 Å². The molecule has 0 radical (unpaired) electrons. The van der Waals surface area contributed by atoms with Crippen molar-refractivity contribution in [1.29, 1.82) is 0 Å². The van der Waals surface area contributed by atoms with Crippen molar-refractivity contribution in [2.24, 2.45) is 0 Å². The van der Waals surface area contributed by atoms with E-state index in [-0.39, 0.29) is 17.8 Å². The van der Waals surface area contributed by atoms with E-state index < -0.39 is 5.41 Å². The molecule has 1 aromatic rings. The van der Waals surface area contributed by atoms with Crippen LogP contribution in [0.4, 0.5) is 4.39 Å². The maximum absolute atomic E-state index is 13.0. The molecule has 18 heavy (non-hydrogen) atoms. The average molecular weight is 249 g/mol. The van der Waals surface area contributed by atoms with E-state index in [1.807, 2.05) is 0 Å². The van der Waals surface area contributed by atoms with Crippen molar-refractivity contribution >= 4 is 5.91 Å². The highest BCUT2D eigenvalue weighted by Gasteiger charge is 2.49. The Morgan fingerprint density at radius 1 is 1.28 bits per heavy atom. The average Bonchev–Trinajstić information content (AvgIpc) is 2.26. The summed E-state index contributed by atoms with van der Waals surface area (Å²) in [6.45, 7) is 0.865.